The topological polar surface area (TPSA) is 81.5 Å². The molecular weight excluding hydrogens is 440 g/mol. The fourth-order valence-corrected chi connectivity index (χ4v) is 5.62. The maximum absolute atomic E-state index is 15.0. The van der Waals surface area contributed by atoms with Gasteiger partial charge in [0.15, 0.2) is 11.6 Å². The first-order valence-corrected chi connectivity index (χ1v) is 11.7. The van der Waals surface area contributed by atoms with E-state index >= 15 is 0 Å². The Morgan fingerprint density at radius 2 is 1.97 bits per heavy atom. The van der Waals surface area contributed by atoms with Gasteiger partial charge in [0.1, 0.15) is 17.7 Å². The van der Waals surface area contributed by atoms with Gasteiger partial charge in [-0.05, 0) is 56.4 Å². The number of carbonyl (C=O) groups is 1. The summed E-state index contributed by atoms with van der Waals surface area (Å²) in [6.45, 7) is 1.17. The van der Waals surface area contributed by atoms with Gasteiger partial charge in [-0.2, -0.15) is 5.26 Å². The second-order valence-corrected chi connectivity index (χ2v) is 9.34. The van der Waals surface area contributed by atoms with Crippen LogP contribution < -0.4 is 15.0 Å². The number of rotatable bonds is 6. The van der Waals surface area contributed by atoms with Crippen molar-refractivity contribution in [3.63, 3.8) is 0 Å². The van der Waals surface area contributed by atoms with Crippen molar-refractivity contribution in [2.45, 2.75) is 49.7 Å². The molecule has 7 nitrogen and oxygen atoms in total. The lowest BCUT2D eigenvalue weighted by Gasteiger charge is -2.45. The van der Waals surface area contributed by atoms with Crippen LogP contribution in [-0.4, -0.2) is 54.6 Å². The molecule has 1 aromatic carbocycles. The van der Waals surface area contributed by atoms with Crippen molar-refractivity contribution >= 4 is 11.7 Å². The summed E-state index contributed by atoms with van der Waals surface area (Å²) >= 11 is 0. The molecule has 3 aliphatic rings. The van der Waals surface area contributed by atoms with Crippen molar-refractivity contribution in [1.29, 1.82) is 5.26 Å². The summed E-state index contributed by atoms with van der Waals surface area (Å²) < 4.78 is 34.7. The van der Waals surface area contributed by atoms with Crippen LogP contribution in [0.25, 0.3) is 0 Å². The highest BCUT2D eigenvalue weighted by Gasteiger charge is 2.45. The van der Waals surface area contributed by atoms with Gasteiger partial charge in [0.05, 0.1) is 19.2 Å². The zero-order valence-electron chi connectivity index (χ0n) is 19.1. The van der Waals surface area contributed by atoms with E-state index in [-0.39, 0.29) is 35.8 Å². The smallest absolute Gasteiger partial charge is 0.236 e. The van der Waals surface area contributed by atoms with E-state index < -0.39 is 17.2 Å². The molecule has 2 aromatic rings. The maximum atomic E-state index is 15.0. The number of amides is 1. The SMILES string of the molecule is COc1ccc(F)c(C2(NCC(=O)N3CC4CCC(C3)N4c3ccc(C#N)cn3)CCC2)c1F. The average molecular weight is 468 g/mol. The zero-order valence-corrected chi connectivity index (χ0v) is 19.1. The third-order valence-electron chi connectivity index (χ3n) is 7.52. The molecule has 34 heavy (non-hydrogen) atoms. The van der Waals surface area contributed by atoms with Gasteiger partial charge in [-0.25, -0.2) is 13.8 Å². The Hall–Kier alpha value is -3.25. The maximum Gasteiger partial charge on any atom is 0.236 e. The number of ether oxygens (including phenoxy) is 1. The number of anilines is 1. The molecule has 1 saturated carbocycles. The van der Waals surface area contributed by atoms with Crippen molar-refractivity contribution in [2.75, 3.05) is 31.6 Å². The molecule has 5 rings (SSSR count). The highest BCUT2D eigenvalue weighted by molar-refractivity contribution is 5.79. The van der Waals surface area contributed by atoms with E-state index in [4.69, 9.17) is 10.00 Å². The number of benzene rings is 1. The number of piperazine rings is 1. The van der Waals surface area contributed by atoms with Crippen LogP contribution in [0, 0.1) is 23.0 Å². The Kier molecular flexibility index (Phi) is 5.86. The molecule has 178 valence electrons. The minimum Gasteiger partial charge on any atom is -0.494 e. The van der Waals surface area contributed by atoms with Crippen LogP contribution in [0.1, 0.15) is 43.2 Å². The standard InChI is InChI=1S/C25H27F2N5O2/c1-34-20-7-6-19(26)23(24(20)27)25(9-2-10-25)30-13-22(33)31-14-17-4-5-18(15-31)32(17)21-8-3-16(11-28)12-29-21/h3,6-8,12,17-18,30H,2,4-5,9-10,13-15H2,1H3. The minimum absolute atomic E-state index is 0.0000827. The normalized spacial score (nSPS) is 22.8. The molecule has 0 radical (unpaired) electrons. The van der Waals surface area contributed by atoms with E-state index in [0.29, 0.717) is 31.5 Å². The molecule has 1 aromatic heterocycles. The summed E-state index contributed by atoms with van der Waals surface area (Å²) in [6.07, 6.45) is 5.46. The highest BCUT2D eigenvalue weighted by atomic mass is 19.1. The molecule has 3 heterocycles. The number of hydrogen-bond acceptors (Lipinski definition) is 6. The van der Waals surface area contributed by atoms with Gasteiger partial charge in [0, 0.05) is 42.5 Å². The fourth-order valence-electron chi connectivity index (χ4n) is 5.62. The fraction of sp³-hybridized carbons (Fsp3) is 0.480. The molecule has 2 saturated heterocycles. The monoisotopic (exact) mass is 467 g/mol. The number of halogens is 2. The number of fused-ring (bicyclic) bond motifs is 2. The molecular formula is C25H27F2N5O2. The average Bonchev–Trinajstić information content (AvgIpc) is 3.08. The van der Waals surface area contributed by atoms with Crippen LogP contribution in [0.3, 0.4) is 0 Å². The second-order valence-electron chi connectivity index (χ2n) is 9.34. The Balaban J connectivity index is 1.27. The number of likely N-dealkylation sites (tertiary alicyclic amines) is 1. The number of hydrogen-bond donors (Lipinski definition) is 1. The Morgan fingerprint density at radius 3 is 2.53 bits per heavy atom. The van der Waals surface area contributed by atoms with Gasteiger partial charge in [0.2, 0.25) is 5.91 Å². The van der Waals surface area contributed by atoms with Crippen molar-refractivity contribution in [2.24, 2.45) is 0 Å². The van der Waals surface area contributed by atoms with Crippen LogP contribution in [0.5, 0.6) is 5.75 Å². The molecule has 3 fully saturated rings. The molecule has 1 aliphatic carbocycles. The molecule has 2 aliphatic heterocycles. The van der Waals surface area contributed by atoms with E-state index in [1.54, 1.807) is 12.3 Å². The van der Waals surface area contributed by atoms with Gasteiger partial charge in [0.25, 0.3) is 0 Å². The molecule has 1 amide bonds. The van der Waals surface area contributed by atoms with E-state index in [0.717, 1.165) is 25.1 Å². The van der Waals surface area contributed by atoms with Crippen LogP contribution in [-0.2, 0) is 10.3 Å². The van der Waals surface area contributed by atoms with Crippen LogP contribution in [0.2, 0.25) is 0 Å². The number of carbonyl (C=O) groups excluding carboxylic acids is 1. The largest absolute Gasteiger partial charge is 0.494 e. The van der Waals surface area contributed by atoms with Crippen LogP contribution >= 0.6 is 0 Å². The molecule has 1 N–H and O–H groups in total. The molecule has 2 bridgehead atoms. The lowest BCUT2D eigenvalue weighted by atomic mass is 9.71. The first-order valence-electron chi connectivity index (χ1n) is 11.7. The molecule has 0 spiro atoms. The van der Waals surface area contributed by atoms with Crippen molar-refractivity contribution in [3.8, 4) is 11.8 Å². The van der Waals surface area contributed by atoms with E-state index in [1.807, 2.05) is 11.0 Å². The second kappa shape index (κ2) is 8.84. The van der Waals surface area contributed by atoms with Gasteiger partial charge < -0.3 is 14.5 Å². The Morgan fingerprint density at radius 1 is 1.24 bits per heavy atom. The highest BCUT2D eigenvalue weighted by Crippen LogP contribution is 2.45. The summed E-state index contributed by atoms with van der Waals surface area (Å²) in [5, 5.41) is 12.2. The lowest BCUT2D eigenvalue weighted by molar-refractivity contribution is -0.131. The predicted octanol–water partition coefficient (Wildman–Crippen LogP) is 3.09. The third-order valence-corrected chi connectivity index (χ3v) is 7.52. The van der Waals surface area contributed by atoms with E-state index in [9.17, 15) is 13.6 Å². The summed E-state index contributed by atoms with van der Waals surface area (Å²) in [6, 6.07) is 8.53. The minimum atomic E-state index is -0.897. The number of pyridine rings is 1. The summed E-state index contributed by atoms with van der Waals surface area (Å²) in [5.74, 6) is -0.573. The van der Waals surface area contributed by atoms with E-state index in [1.165, 1.54) is 19.2 Å². The zero-order chi connectivity index (χ0) is 23.9. The summed E-state index contributed by atoms with van der Waals surface area (Å²) in [4.78, 5) is 21.7. The number of aromatic nitrogens is 1. The van der Waals surface area contributed by atoms with Gasteiger partial charge in [-0.3, -0.25) is 10.1 Å². The summed E-state index contributed by atoms with van der Waals surface area (Å²) in [7, 11) is 1.35. The first kappa shape index (κ1) is 22.5. The Labute approximate surface area is 197 Å². The van der Waals surface area contributed by atoms with Gasteiger partial charge >= 0.3 is 0 Å². The molecule has 2 atom stereocenters. The molecule has 9 heteroatoms. The van der Waals surface area contributed by atoms with Crippen molar-refractivity contribution < 1.29 is 18.3 Å². The predicted molar refractivity (Wildman–Crippen MR) is 121 cm³/mol. The molecule has 2 unspecified atom stereocenters. The van der Waals surface area contributed by atoms with Gasteiger partial charge in [-0.1, -0.05) is 0 Å². The Bertz CT molecular complexity index is 1120. The number of methoxy groups -OCH3 is 1. The number of nitrogens with one attached hydrogen (secondary N) is 1. The number of nitriles is 1. The van der Waals surface area contributed by atoms with Gasteiger partial charge in [-0.15, -0.1) is 0 Å². The first-order chi connectivity index (χ1) is 16.5. The van der Waals surface area contributed by atoms with Crippen molar-refractivity contribution in [3.05, 3.63) is 53.2 Å². The summed E-state index contributed by atoms with van der Waals surface area (Å²) in [5.41, 5.74) is -0.418. The number of nitrogens with zero attached hydrogens (tertiary/aromatic N) is 4. The third kappa shape index (κ3) is 3.76. The van der Waals surface area contributed by atoms with Crippen molar-refractivity contribution in [1.82, 2.24) is 15.2 Å². The quantitative estimate of drug-likeness (QED) is 0.703. The van der Waals surface area contributed by atoms with E-state index in [2.05, 4.69) is 21.3 Å². The van der Waals surface area contributed by atoms with Crippen LogP contribution in [0.4, 0.5) is 14.6 Å². The lowest BCUT2D eigenvalue weighted by Crippen LogP contribution is -2.58. The van der Waals surface area contributed by atoms with Crippen LogP contribution in [0.15, 0.2) is 30.5 Å².